The Balaban J connectivity index is 1.39. The Morgan fingerprint density at radius 1 is 1.09 bits per heavy atom. The molecule has 32 heavy (non-hydrogen) atoms. The Labute approximate surface area is 193 Å². The van der Waals surface area contributed by atoms with Crippen molar-refractivity contribution in [3.63, 3.8) is 0 Å². The van der Waals surface area contributed by atoms with Crippen LogP contribution in [0.4, 0.5) is 4.39 Å². The average Bonchev–Trinajstić information content (AvgIpc) is 3.07. The van der Waals surface area contributed by atoms with Gasteiger partial charge in [0.15, 0.2) is 0 Å². The number of hydrogen-bond acceptors (Lipinski definition) is 3. The van der Waals surface area contributed by atoms with Crippen LogP contribution in [0.5, 0.6) is 0 Å². The molecule has 1 atom stereocenters. The summed E-state index contributed by atoms with van der Waals surface area (Å²) in [4.78, 5) is 29.9. The molecule has 0 spiro atoms. The number of aromatic nitrogens is 2. The zero-order valence-electron chi connectivity index (χ0n) is 18.7. The third-order valence-corrected chi connectivity index (χ3v) is 7.01. The first-order valence-corrected chi connectivity index (χ1v) is 11.8. The number of rotatable bonds is 4. The number of likely N-dealkylation sites (tertiary alicyclic amines) is 2. The molecule has 0 saturated carbocycles. The van der Waals surface area contributed by atoms with Gasteiger partial charge in [0.25, 0.3) is 5.91 Å². The number of carbonyl (C=O) groups excluding carboxylic acids is 2. The maximum absolute atomic E-state index is 13.2. The highest BCUT2D eigenvalue weighted by Gasteiger charge is 2.33. The van der Waals surface area contributed by atoms with Crippen molar-refractivity contribution in [3.05, 3.63) is 52.1 Å². The predicted molar refractivity (Wildman–Crippen MR) is 121 cm³/mol. The number of halogens is 2. The molecule has 3 heterocycles. The molecule has 2 amide bonds. The minimum atomic E-state index is -0.302. The van der Waals surface area contributed by atoms with E-state index < -0.39 is 0 Å². The normalized spacial score (nSPS) is 19.9. The first-order chi connectivity index (χ1) is 15.3. The average molecular weight is 461 g/mol. The molecule has 2 aliphatic heterocycles. The fraction of sp³-hybridized carbons (Fsp3) is 0.542. The van der Waals surface area contributed by atoms with E-state index in [1.807, 2.05) is 4.90 Å². The second kappa shape index (κ2) is 9.61. The van der Waals surface area contributed by atoms with Gasteiger partial charge in [-0.3, -0.25) is 9.59 Å². The second-order valence-corrected chi connectivity index (χ2v) is 9.49. The van der Waals surface area contributed by atoms with Crippen molar-refractivity contribution in [3.8, 4) is 0 Å². The van der Waals surface area contributed by atoms with Crippen LogP contribution in [0, 0.1) is 24.6 Å². The summed E-state index contributed by atoms with van der Waals surface area (Å²) in [5.74, 6) is 0.345. The van der Waals surface area contributed by atoms with Crippen LogP contribution >= 0.6 is 11.6 Å². The molecular formula is C24H30ClFN4O2. The standard InChI is InChI=1S/C24H30ClFN4O2/c1-16-4-3-11-29(14-16)23(31)19-9-12-28(13-10-19)24(32)21-17(2)27-30(22(21)25)15-18-5-7-20(26)8-6-18/h5-8,16,19H,3-4,9-15H2,1-2H3. The number of carbonyl (C=O) groups is 2. The van der Waals surface area contributed by atoms with Crippen LogP contribution in [0.25, 0.3) is 0 Å². The van der Waals surface area contributed by atoms with E-state index in [0.29, 0.717) is 49.7 Å². The summed E-state index contributed by atoms with van der Waals surface area (Å²) in [7, 11) is 0. The number of hydrogen-bond donors (Lipinski definition) is 0. The first-order valence-electron chi connectivity index (χ1n) is 11.4. The van der Waals surface area contributed by atoms with Crippen LogP contribution < -0.4 is 0 Å². The zero-order valence-corrected chi connectivity index (χ0v) is 19.4. The molecule has 2 saturated heterocycles. The van der Waals surface area contributed by atoms with Crippen molar-refractivity contribution in [1.82, 2.24) is 19.6 Å². The summed E-state index contributed by atoms with van der Waals surface area (Å²) in [5.41, 5.74) is 1.83. The van der Waals surface area contributed by atoms with Gasteiger partial charge in [-0.05, 0) is 56.2 Å². The zero-order chi connectivity index (χ0) is 22.8. The third-order valence-electron chi connectivity index (χ3n) is 6.62. The SMILES string of the molecule is Cc1nn(Cc2ccc(F)cc2)c(Cl)c1C(=O)N1CCC(C(=O)N2CCCC(C)C2)CC1. The highest BCUT2D eigenvalue weighted by molar-refractivity contribution is 6.33. The molecule has 2 aliphatic rings. The van der Waals surface area contributed by atoms with Gasteiger partial charge in [0, 0.05) is 32.1 Å². The van der Waals surface area contributed by atoms with Crippen molar-refractivity contribution in [2.45, 2.75) is 46.1 Å². The minimum absolute atomic E-state index is 0.0119. The summed E-state index contributed by atoms with van der Waals surface area (Å²) in [6, 6.07) is 6.13. The second-order valence-electron chi connectivity index (χ2n) is 9.13. The monoisotopic (exact) mass is 460 g/mol. The Kier molecular flexibility index (Phi) is 6.84. The molecule has 2 fully saturated rings. The lowest BCUT2D eigenvalue weighted by Gasteiger charge is -2.37. The van der Waals surface area contributed by atoms with Crippen LogP contribution in [0.2, 0.25) is 5.15 Å². The molecule has 0 aliphatic carbocycles. The van der Waals surface area contributed by atoms with Crippen molar-refractivity contribution >= 4 is 23.4 Å². The molecule has 1 aromatic heterocycles. The molecular weight excluding hydrogens is 431 g/mol. The Hall–Kier alpha value is -2.41. The van der Waals surface area contributed by atoms with E-state index in [9.17, 15) is 14.0 Å². The lowest BCUT2D eigenvalue weighted by atomic mass is 9.92. The van der Waals surface area contributed by atoms with E-state index in [-0.39, 0.29) is 28.7 Å². The Bertz CT molecular complexity index is 983. The molecule has 0 N–H and O–H groups in total. The topological polar surface area (TPSA) is 58.4 Å². The van der Waals surface area contributed by atoms with Gasteiger partial charge in [-0.15, -0.1) is 0 Å². The molecule has 2 aromatic rings. The van der Waals surface area contributed by atoms with Crippen molar-refractivity contribution in [1.29, 1.82) is 0 Å². The highest BCUT2D eigenvalue weighted by Crippen LogP contribution is 2.27. The molecule has 0 bridgehead atoms. The van der Waals surface area contributed by atoms with E-state index >= 15 is 0 Å². The van der Waals surface area contributed by atoms with Crippen molar-refractivity contribution < 1.29 is 14.0 Å². The first kappa shape index (κ1) is 22.8. The maximum Gasteiger partial charge on any atom is 0.258 e. The van der Waals surface area contributed by atoms with Gasteiger partial charge in [0.05, 0.1) is 17.8 Å². The van der Waals surface area contributed by atoms with Gasteiger partial charge in [0.1, 0.15) is 11.0 Å². The van der Waals surface area contributed by atoms with Gasteiger partial charge >= 0.3 is 0 Å². The number of amides is 2. The molecule has 1 unspecified atom stereocenters. The molecule has 8 heteroatoms. The van der Waals surface area contributed by atoms with Crippen LogP contribution in [0.3, 0.4) is 0 Å². The van der Waals surface area contributed by atoms with Crippen molar-refractivity contribution in [2.75, 3.05) is 26.2 Å². The summed E-state index contributed by atoms with van der Waals surface area (Å²) in [6.07, 6.45) is 3.61. The van der Waals surface area contributed by atoms with Crippen LogP contribution in [0.1, 0.15) is 54.2 Å². The molecule has 0 radical (unpaired) electrons. The van der Waals surface area contributed by atoms with Gasteiger partial charge < -0.3 is 9.80 Å². The van der Waals surface area contributed by atoms with Gasteiger partial charge in [-0.1, -0.05) is 30.7 Å². The van der Waals surface area contributed by atoms with E-state index in [0.717, 1.165) is 25.1 Å². The molecule has 172 valence electrons. The number of piperidine rings is 2. The number of benzene rings is 1. The van der Waals surface area contributed by atoms with Gasteiger partial charge in [-0.25, -0.2) is 9.07 Å². The minimum Gasteiger partial charge on any atom is -0.342 e. The van der Waals surface area contributed by atoms with Crippen LogP contribution in [-0.4, -0.2) is 57.6 Å². The fourth-order valence-corrected chi connectivity index (χ4v) is 5.11. The molecule has 4 rings (SSSR count). The molecule has 1 aromatic carbocycles. The quantitative estimate of drug-likeness (QED) is 0.688. The summed E-state index contributed by atoms with van der Waals surface area (Å²) in [6.45, 7) is 7.11. The van der Waals surface area contributed by atoms with Gasteiger partial charge in [0.2, 0.25) is 5.91 Å². The largest absolute Gasteiger partial charge is 0.342 e. The number of aryl methyl sites for hydroxylation is 1. The van der Waals surface area contributed by atoms with Gasteiger partial charge in [-0.2, -0.15) is 5.10 Å². The van der Waals surface area contributed by atoms with E-state index in [1.54, 1.807) is 28.6 Å². The smallest absolute Gasteiger partial charge is 0.258 e. The third kappa shape index (κ3) is 4.82. The van der Waals surface area contributed by atoms with Crippen LogP contribution in [0.15, 0.2) is 24.3 Å². The lowest BCUT2D eigenvalue weighted by Crippen LogP contribution is -2.47. The Morgan fingerprint density at radius 2 is 1.78 bits per heavy atom. The van der Waals surface area contributed by atoms with E-state index in [1.165, 1.54) is 18.6 Å². The molecule has 6 nitrogen and oxygen atoms in total. The predicted octanol–water partition coefficient (Wildman–Crippen LogP) is 4.14. The van der Waals surface area contributed by atoms with Crippen molar-refractivity contribution in [2.24, 2.45) is 11.8 Å². The summed E-state index contributed by atoms with van der Waals surface area (Å²) < 4.78 is 14.7. The summed E-state index contributed by atoms with van der Waals surface area (Å²) >= 11 is 6.54. The van der Waals surface area contributed by atoms with Crippen LogP contribution in [-0.2, 0) is 11.3 Å². The highest BCUT2D eigenvalue weighted by atomic mass is 35.5. The maximum atomic E-state index is 13.2. The lowest BCUT2D eigenvalue weighted by molar-refractivity contribution is -0.138. The Morgan fingerprint density at radius 3 is 2.44 bits per heavy atom. The summed E-state index contributed by atoms with van der Waals surface area (Å²) in [5, 5.41) is 4.73. The van der Waals surface area contributed by atoms with E-state index in [2.05, 4.69) is 12.0 Å². The number of nitrogens with zero attached hydrogens (tertiary/aromatic N) is 4. The van der Waals surface area contributed by atoms with E-state index in [4.69, 9.17) is 11.6 Å². The fourth-order valence-electron chi connectivity index (χ4n) is 4.80.